The van der Waals surface area contributed by atoms with Crippen LogP contribution >= 0.6 is 0 Å². The zero-order chi connectivity index (χ0) is 13.0. The fourth-order valence-electron chi connectivity index (χ4n) is 2.34. The summed E-state index contributed by atoms with van der Waals surface area (Å²) < 4.78 is 0. The zero-order valence-corrected chi connectivity index (χ0v) is 10.7. The monoisotopic (exact) mass is 249 g/mol. The summed E-state index contributed by atoms with van der Waals surface area (Å²) in [4.78, 5) is 13.1. The van der Waals surface area contributed by atoms with Crippen LogP contribution in [-0.2, 0) is 0 Å². The van der Waals surface area contributed by atoms with Gasteiger partial charge in [0.1, 0.15) is 11.4 Å². The second kappa shape index (κ2) is 5.71. The third-order valence-electron chi connectivity index (χ3n) is 3.21. The molecule has 1 aliphatic rings. The molecule has 0 aliphatic carbocycles. The van der Waals surface area contributed by atoms with E-state index in [9.17, 15) is 10.1 Å². The van der Waals surface area contributed by atoms with Crippen LogP contribution in [0, 0.1) is 10.1 Å². The fourth-order valence-corrected chi connectivity index (χ4v) is 2.34. The number of benzene rings is 1. The number of nitrogens with zero attached hydrogens (tertiary/aromatic N) is 2. The van der Waals surface area contributed by atoms with Gasteiger partial charge in [0.25, 0.3) is 0 Å². The maximum absolute atomic E-state index is 11.3. The summed E-state index contributed by atoms with van der Waals surface area (Å²) in [6.07, 6.45) is 3.18. The van der Waals surface area contributed by atoms with Crippen LogP contribution in [0.3, 0.4) is 0 Å². The van der Waals surface area contributed by atoms with Crippen LogP contribution in [0.15, 0.2) is 18.2 Å². The standard InChI is InChI=1S/C13H19N3O2/c1-2-8-14-11-6-5-7-12(13(11)16(17)18)15-9-3-4-10-15/h5-7,14H,2-4,8-10H2,1H3. The van der Waals surface area contributed by atoms with Crippen molar-refractivity contribution in [1.82, 2.24) is 0 Å². The number of hydrogen-bond donors (Lipinski definition) is 1. The van der Waals surface area contributed by atoms with Crippen LogP contribution in [0.1, 0.15) is 26.2 Å². The van der Waals surface area contributed by atoms with Crippen LogP contribution in [0.4, 0.5) is 17.1 Å². The number of para-hydroxylation sites is 1. The number of hydrogen-bond acceptors (Lipinski definition) is 4. The Bertz CT molecular complexity index is 428. The van der Waals surface area contributed by atoms with E-state index in [2.05, 4.69) is 10.2 Å². The van der Waals surface area contributed by atoms with E-state index >= 15 is 0 Å². The van der Waals surface area contributed by atoms with Crippen LogP contribution in [-0.4, -0.2) is 24.6 Å². The van der Waals surface area contributed by atoms with Crippen molar-refractivity contribution in [2.75, 3.05) is 29.9 Å². The average Bonchev–Trinajstić information content (AvgIpc) is 2.89. The lowest BCUT2D eigenvalue weighted by molar-refractivity contribution is -0.383. The van der Waals surface area contributed by atoms with Gasteiger partial charge in [-0.2, -0.15) is 0 Å². The molecule has 1 aromatic carbocycles. The van der Waals surface area contributed by atoms with Gasteiger partial charge in [-0.25, -0.2) is 0 Å². The van der Waals surface area contributed by atoms with Crippen molar-refractivity contribution in [3.63, 3.8) is 0 Å². The summed E-state index contributed by atoms with van der Waals surface area (Å²) in [6.45, 7) is 4.63. The van der Waals surface area contributed by atoms with Gasteiger partial charge in [-0.3, -0.25) is 10.1 Å². The molecule has 1 heterocycles. The highest BCUT2D eigenvalue weighted by Crippen LogP contribution is 2.36. The molecule has 18 heavy (non-hydrogen) atoms. The topological polar surface area (TPSA) is 58.4 Å². The lowest BCUT2D eigenvalue weighted by Gasteiger charge is -2.19. The van der Waals surface area contributed by atoms with Crippen molar-refractivity contribution in [3.8, 4) is 0 Å². The Balaban J connectivity index is 2.35. The van der Waals surface area contributed by atoms with E-state index in [0.29, 0.717) is 5.69 Å². The Hall–Kier alpha value is -1.78. The predicted molar refractivity (Wildman–Crippen MR) is 73.3 cm³/mol. The molecule has 98 valence electrons. The molecule has 5 heteroatoms. The van der Waals surface area contributed by atoms with E-state index in [1.54, 1.807) is 6.07 Å². The van der Waals surface area contributed by atoms with E-state index in [1.807, 2.05) is 19.1 Å². The van der Waals surface area contributed by atoms with Crippen molar-refractivity contribution < 1.29 is 4.92 Å². The molecule has 1 aliphatic heterocycles. The number of nitro groups is 1. The van der Waals surface area contributed by atoms with Gasteiger partial charge in [0.2, 0.25) is 0 Å². The lowest BCUT2D eigenvalue weighted by Crippen LogP contribution is -2.19. The Morgan fingerprint density at radius 1 is 1.39 bits per heavy atom. The number of nitro benzene ring substituents is 1. The quantitative estimate of drug-likeness (QED) is 0.643. The summed E-state index contributed by atoms with van der Waals surface area (Å²) in [5, 5.41) is 14.4. The Labute approximate surface area is 107 Å². The maximum atomic E-state index is 11.3. The third kappa shape index (κ3) is 2.55. The number of rotatable bonds is 5. The van der Waals surface area contributed by atoms with E-state index in [4.69, 9.17) is 0 Å². The van der Waals surface area contributed by atoms with Gasteiger partial charge in [-0.1, -0.05) is 13.0 Å². The molecule has 0 amide bonds. The van der Waals surface area contributed by atoms with Crippen LogP contribution in [0.5, 0.6) is 0 Å². The van der Waals surface area contributed by atoms with Crippen LogP contribution in [0.2, 0.25) is 0 Å². The molecule has 0 radical (unpaired) electrons. The fraction of sp³-hybridized carbons (Fsp3) is 0.538. The molecule has 0 atom stereocenters. The minimum Gasteiger partial charge on any atom is -0.379 e. The summed E-state index contributed by atoms with van der Waals surface area (Å²) >= 11 is 0. The largest absolute Gasteiger partial charge is 0.379 e. The second-order valence-electron chi connectivity index (χ2n) is 4.55. The number of anilines is 2. The second-order valence-corrected chi connectivity index (χ2v) is 4.55. The van der Waals surface area contributed by atoms with Crippen molar-refractivity contribution in [2.45, 2.75) is 26.2 Å². The first kappa shape index (κ1) is 12.7. The molecular formula is C13H19N3O2. The van der Waals surface area contributed by atoms with Gasteiger partial charge in [-0.05, 0) is 31.4 Å². The zero-order valence-electron chi connectivity index (χ0n) is 10.7. The molecule has 0 aromatic heterocycles. The summed E-state index contributed by atoms with van der Waals surface area (Å²) in [6, 6.07) is 5.52. The summed E-state index contributed by atoms with van der Waals surface area (Å²) in [7, 11) is 0. The van der Waals surface area contributed by atoms with Crippen LogP contribution < -0.4 is 10.2 Å². The average molecular weight is 249 g/mol. The number of nitrogens with one attached hydrogen (secondary N) is 1. The molecule has 5 nitrogen and oxygen atoms in total. The molecule has 0 spiro atoms. The minimum absolute atomic E-state index is 0.216. The normalized spacial score (nSPS) is 14.8. The van der Waals surface area contributed by atoms with Crippen molar-refractivity contribution in [2.24, 2.45) is 0 Å². The van der Waals surface area contributed by atoms with Gasteiger partial charge in [0, 0.05) is 19.6 Å². The van der Waals surface area contributed by atoms with Crippen molar-refractivity contribution in [3.05, 3.63) is 28.3 Å². The van der Waals surface area contributed by atoms with E-state index in [1.165, 1.54) is 0 Å². The van der Waals surface area contributed by atoms with Gasteiger partial charge >= 0.3 is 5.69 Å². The van der Waals surface area contributed by atoms with E-state index < -0.39 is 0 Å². The summed E-state index contributed by atoms with van der Waals surface area (Å²) in [5.74, 6) is 0. The SMILES string of the molecule is CCCNc1cccc(N2CCCC2)c1[N+](=O)[O-]. The molecule has 0 bridgehead atoms. The minimum atomic E-state index is -0.272. The van der Waals surface area contributed by atoms with Crippen molar-refractivity contribution >= 4 is 17.1 Å². The smallest absolute Gasteiger partial charge is 0.315 e. The Morgan fingerprint density at radius 3 is 2.72 bits per heavy atom. The molecular weight excluding hydrogens is 230 g/mol. The molecule has 0 unspecified atom stereocenters. The molecule has 0 saturated carbocycles. The summed E-state index contributed by atoms with van der Waals surface area (Å²) in [5.41, 5.74) is 1.60. The molecule has 2 rings (SSSR count). The first-order valence-electron chi connectivity index (χ1n) is 6.50. The highest BCUT2D eigenvalue weighted by Gasteiger charge is 2.25. The molecule has 1 fully saturated rings. The van der Waals surface area contributed by atoms with Crippen molar-refractivity contribution in [1.29, 1.82) is 0 Å². The van der Waals surface area contributed by atoms with Gasteiger partial charge in [0.05, 0.1) is 4.92 Å². The highest BCUT2D eigenvalue weighted by atomic mass is 16.6. The molecule has 1 N–H and O–H groups in total. The lowest BCUT2D eigenvalue weighted by atomic mass is 10.2. The maximum Gasteiger partial charge on any atom is 0.315 e. The van der Waals surface area contributed by atoms with E-state index in [-0.39, 0.29) is 10.6 Å². The van der Waals surface area contributed by atoms with Gasteiger partial charge in [0.15, 0.2) is 0 Å². The Kier molecular flexibility index (Phi) is 4.02. The van der Waals surface area contributed by atoms with Gasteiger partial charge in [-0.15, -0.1) is 0 Å². The predicted octanol–water partition coefficient (Wildman–Crippen LogP) is 3.02. The molecule has 1 saturated heterocycles. The Morgan fingerprint density at radius 2 is 2.11 bits per heavy atom. The molecule has 1 aromatic rings. The first-order valence-corrected chi connectivity index (χ1v) is 6.50. The van der Waals surface area contributed by atoms with Gasteiger partial charge < -0.3 is 10.2 Å². The highest BCUT2D eigenvalue weighted by molar-refractivity contribution is 5.77. The van der Waals surface area contributed by atoms with Crippen LogP contribution in [0.25, 0.3) is 0 Å². The first-order chi connectivity index (χ1) is 8.74. The third-order valence-corrected chi connectivity index (χ3v) is 3.21. The van der Waals surface area contributed by atoms with E-state index in [0.717, 1.165) is 44.6 Å².